The minimum absolute atomic E-state index is 0.0808. The summed E-state index contributed by atoms with van der Waals surface area (Å²) in [5.74, 6) is 0.480. The van der Waals surface area contributed by atoms with E-state index in [4.69, 9.17) is 15.2 Å². The molecule has 0 saturated heterocycles. The first kappa shape index (κ1) is 13.5. The number of ether oxygens (including phenoxy) is 2. The molecule has 16 heavy (non-hydrogen) atoms. The Labute approximate surface area is 97.5 Å². The van der Waals surface area contributed by atoms with E-state index in [0.717, 1.165) is 31.6 Å². The van der Waals surface area contributed by atoms with E-state index in [1.165, 1.54) is 0 Å². The summed E-state index contributed by atoms with van der Waals surface area (Å²) in [6.07, 6.45) is 4.85. The van der Waals surface area contributed by atoms with Gasteiger partial charge in [0, 0.05) is 13.7 Å². The van der Waals surface area contributed by atoms with Crippen molar-refractivity contribution >= 4 is 5.97 Å². The molecule has 0 aromatic carbocycles. The molecule has 4 nitrogen and oxygen atoms in total. The lowest BCUT2D eigenvalue weighted by Gasteiger charge is -2.26. The first-order valence-corrected chi connectivity index (χ1v) is 6.08. The highest BCUT2D eigenvalue weighted by molar-refractivity contribution is 5.75. The van der Waals surface area contributed by atoms with Crippen molar-refractivity contribution < 1.29 is 14.3 Å². The third kappa shape index (κ3) is 4.49. The number of methoxy groups -OCH3 is 1. The van der Waals surface area contributed by atoms with Gasteiger partial charge in [-0.3, -0.25) is 4.79 Å². The molecule has 0 radical (unpaired) electrons. The largest absolute Gasteiger partial charge is 0.461 e. The van der Waals surface area contributed by atoms with Crippen molar-refractivity contribution in [2.75, 3.05) is 13.7 Å². The zero-order chi connectivity index (χ0) is 12.0. The molecule has 1 aliphatic carbocycles. The van der Waals surface area contributed by atoms with Gasteiger partial charge in [0.15, 0.2) is 0 Å². The molecule has 1 fully saturated rings. The van der Waals surface area contributed by atoms with Gasteiger partial charge in [0.2, 0.25) is 0 Å². The van der Waals surface area contributed by atoms with Gasteiger partial charge in [-0.2, -0.15) is 0 Å². The topological polar surface area (TPSA) is 61.5 Å². The molecule has 4 heteroatoms. The normalized spacial score (nSPS) is 27.4. The second-order valence-corrected chi connectivity index (χ2v) is 4.71. The summed E-state index contributed by atoms with van der Waals surface area (Å²) in [6, 6.07) is -0.542. The van der Waals surface area contributed by atoms with Crippen LogP contribution in [-0.2, 0) is 14.3 Å². The Balaban J connectivity index is 2.22. The molecular weight excluding hydrogens is 206 g/mol. The number of nitrogens with two attached hydrogens (primary N) is 1. The maximum absolute atomic E-state index is 11.6. The second kappa shape index (κ2) is 6.86. The fourth-order valence-electron chi connectivity index (χ4n) is 1.96. The number of esters is 1. The van der Waals surface area contributed by atoms with Gasteiger partial charge < -0.3 is 15.2 Å². The van der Waals surface area contributed by atoms with Crippen molar-refractivity contribution in [1.29, 1.82) is 0 Å². The van der Waals surface area contributed by atoms with Crippen LogP contribution in [0.2, 0.25) is 0 Å². The lowest BCUT2D eigenvalue weighted by atomic mass is 9.89. The van der Waals surface area contributed by atoms with Gasteiger partial charge in [-0.15, -0.1) is 0 Å². The molecule has 0 aromatic rings. The Kier molecular flexibility index (Phi) is 5.77. The Hall–Kier alpha value is -0.610. The van der Waals surface area contributed by atoms with Crippen LogP contribution in [0, 0.1) is 5.92 Å². The van der Waals surface area contributed by atoms with Gasteiger partial charge in [-0.1, -0.05) is 6.92 Å². The molecule has 1 rings (SSSR count). The number of hydrogen-bond acceptors (Lipinski definition) is 4. The predicted molar refractivity (Wildman–Crippen MR) is 62.0 cm³/mol. The Morgan fingerprint density at radius 2 is 2.00 bits per heavy atom. The van der Waals surface area contributed by atoms with Crippen LogP contribution >= 0.6 is 0 Å². The van der Waals surface area contributed by atoms with Crippen LogP contribution in [-0.4, -0.2) is 31.8 Å². The SMILES string of the molecule is COCCC(N)C(=O)OC1CCC(C)CC1. The summed E-state index contributed by atoms with van der Waals surface area (Å²) in [7, 11) is 1.60. The van der Waals surface area contributed by atoms with Gasteiger partial charge in [-0.25, -0.2) is 0 Å². The van der Waals surface area contributed by atoms with Crippen LogP contribution in [0.4, 0.5) is 0 Å². The minimum Gasteiger partial charge on any atom is -0.461 e. The molecule has 0 aromatic heterocycles. The quantitative estimate of drug-likeness (QED) is 0.725. The molecule has 1 saturated carbocycles. The maximum atomic E-state index is 11.6. The van der Waals surface area contributed by atoms with Crippen molar-refractivity contribution in [2.45, 2.75) is 51.2 Å². The van der Waals surface area contributed by atoms with Crippen molar-refractivity contribution in [3.05, 3.63) is 0 Å². The van der Waals surface area contributed by atoms with E-state index >= 15 is 0 Å². The number of carbonyl (C=O) groups is 1. The average molecular weight is 229 g/mol. The van der Waals surface area contributed by atoms with Crippen LogP contribution in [0.25, 0.3) is 0 Å². The molecule has 0 aliphatic heterocycles. The molecular formula is C12H23NO3. The smallest absolute Gasteiger partial charge is 0.323 e. The van der Waals surface area contributed by atoms with E-state index in [-0.39, 0.29) is 12.1 Å². The van der Waals surface area contributed by atoms with Crippen molar-refractivity contribution in [2.24, 2.45) is 11.7 Å². The second-order valence-electron chi connectivity index (χ2n) is 4.71. The lowest BCUT2D eigenvalue weighted by molar-refractivity contribution is -0.153. The van der Waals surface area contributed by atoms with Crippen LogP contribution < -0.4 is 5.73 Å². The van der Waals surface area contributed by atoms with Gasteiger partial charge in [0.05, 0.1) is 0 Å². The van der Waals surface area contributed by atoms with E-state index in [1.807, 2.05) is 0 Å². The highest BCUT2D eigenvalue weighted by Gasteiger charge is 2.24. The van der Waals surface area contributed by atoms with Gasteiger partial charge >= 0.3 is 5.97 Å². The Morgan fingerprint density at radius 1 is 1.38 bits per heavy atom. The lowest BCUT2D eigenvalue weighted by Crippen LogP contribution is -2.36. The minimum atomic E-state index is -0.542. The summed E-state index contributed by atoms with van der Waals surface area (Å²) in [5, 5.41) is 0. The van der Waals surface area contributed by atoms with E-state index in [0.29, 0.717) is 13.0 Å². The summed E-state index contributed by atoms with van der Waals surface area (Å²) in [6.45, 7) is 2.74. The Bertz CT molecular complexity index is 212. The zero-order valence-electron chi connectivity index (χ0n) is 10.3. The van der Waals surface area contributed by atoms with Crippen LogP contribution in [0.1, 0.15) is 39.0 Å². The fraction of sp³-hybridized carbons (Fsp3) is 0.917. The molecule has 94 valence electrons. The van der Waals surface area contributed by atoms with Crippen molar-refractivity contribution in [1.82, 2.24) is 0 Å². The standard InChI is InChI=1S/C12H23NO3/c1-9-3-5-10(6-4-9)16-12(14)11(13)7-8-15-2/h9-11H,3-8,13H2,1-2H3. The van der Waals surface area contributed by atoms with E-state index in [2.05, 4.69) is 6.92 Å². The summed E-state index contributed by atoms with van der Waals surface area (Å²) in [5.41, 5.74) is 5.69. The molecule has 1 atom stereocenters. The zero-order valence-corrected chi connectivity index (χ0v) is 10.3. The number of hydrogen-bond donors (Lipinski definition) is 1. The van der Waals surface area contributed by atoms with Gasteiger partial charge in [-0.05, 0) is 38.0 Å². The third-order valence-electron chi connectivity index (χ3n) is 3.18. The fourth-order valence-corrected chi connectivity index (χ4v) is 1.96. The van der Waals surface area contributed by atoms with Crippen molar-refractivity contribution in [3.8, 4) is 0 Å². The first-order valence-electron chi connectivity index (χ1n) is 6.08. The molecule has 0 amide bonds. The molecule has 1 aliphatic rings. The van der Waals surface area contributed by atoms with Gasteiger partial charge in [0.1, 0.15) is 12.1 Å². The highest BCUT2D eigenvalue weighted by Crippen LogP contribution is 2.25. The third-order valence-corrected chi connectivity index (χ3v) is 3.18. The molecule has 0 bridgehead atoms. The average Bonchev–Trinajstić information content (AvgIpc) is 2.29. The van der Waals surface area contributed by atoms with E-state index in [1.54, 1.807) is 7.11 Å². The molecule has 0 heterocycles. The Morgan fingerprint density at radius 3 is 2.56 bits per heavy atom. The van der Waals surface area contributed by atoms with Gasteiger partial charge in [0.25, 0.3) is 0 Å². The number of carbonyl (C=O) groups excluding carboxylic acids is 1. The monoisotopic (exact) mass is 229 g/mol. The highest BCUT2D eigenvalue weighted by atomic mass is 16.5. The van der Waals surface area contributed by atoms with Crippen LogP contribution in [0.15, 0.2) is 0 Å². The first-order chi connectivity index (χ1) is 7.63. The summed E-state index contributed by atoms with van der Waals surface area (Å²) >= 11 is 0. The molecule has 1 unspecified atom stereocenters. The van der Waals surface area contributed by atoms with Crippen LogP contribution in [0.5, 0.6) is 0 Å². The predicted octanol–water partition coefficient (Wildman–Crippen LogP) is 1.47. The van der Waals surface area contributed by atoms with Crippen LogP contribution in [0.3, 0.4) is 0 Å². The van der Waals surface area contributed by atoms with Crippen molar-refractivity contribution in [3.63, 3.8) is 0 Å². The molecule has 0 spiro atoms. The summed E-state index contributed by atoms with van der Waals surface area (Å²) in [4.78, 5) is 11.6. The van der Waals surface area contributed by atoms with E-state index in [9.17, 15) is 4.79 Å². The summed E-state index contributed by atoms with van der Waals surface area (Å²) < 4.78 is 10.3. The number of rotatable bonds is 5. The molecule has 2 N–H and O–H groups in total. The maximum Gasteiger partial charge on any atom is 0.323 e. The van der Waals surface area contributed by atoms with E-state index < -0.39 is 6.04 Å².